The SMILES string of the molecule is CNC(=O)C1CCCN1S(=O)(=O)c1ccc(CN)c(C)c1. The highest BCUT2D eigenvalue weighted by Gasteiger charge is 2.39. The number of carbonyl (C=O) groups excluding carboxylic acids is 1. The summed E-state index contributed by atoms with van der Waals surface area (Å²) in [5.74, 6) is -0.258. The molecular weight excluding hydrogens is 290 g/mol. The summed E-state index contributed by atoms with van der Waals surface area (Å²) >= 11 is 0. The lowest BCUT2D eigenvalue weighted by Gasteiger charge is -2.23. The van der Waals surface area contributed by atoms with Gasteiger partial charge in [-0.15, -0.1) is 0 Å². The summed E-state index contributed by atoms with van der Waals surface area (Å²) in [5, 5.41) is 2.53. The van der Waals surface area contributed by atoms with Gasteiger partial charge in [-0.1, -0.05) is 6.07 Å². The fourth-order valence-corrected chi connectivity index (χ4v) is 4.39. The highest BCUT2D eigenvalue weighted by molar-refractivity contribution is 7.89. The predicted molar refractivity (Wildman–Crippen MR) is 80.1 cm³/mol. The van der Waals surface area contributed by atoms with Crippen LogP contribution in [0.4, 0.5) is 0 Å². The molecular formula is C14H21N3O3S. The van der Waals surface area contributed by atoms with Crippen molar-refractivity contribution in [3.63, 3.8) is 0 Å². The number of amides is 1. The normalized spacial score (nSPS) is 19.7. The summed E-state index contributed by atoms with van der Waals surface area (Å²) in [6.45, 7) is 2.58. The van der Waals surface area contributed by atoms with Crippen molar-refractivity contribution in [2.24, 2.45) is 5.73 Å². The molecule has 1 fully saturated rings. The van der Waals surface area contributed by atoms with E-state index in [0.29, 0.717) is 25.9 Å². The molecule has 6 nitrogen and oxygen atoms in total. The number of benzene rings is 1. The monoisotopic (exact) mass is 311 g/mol. The molecule has 3 N–H and O–H groups in total. The lowest BCUT2D eigenvalue weighted by Crippen LogP contribution is -2.44. The van der Waals surface area contributed by atoms with Crippen LogP contribution < -0.4 is 11.1 Å². The number of aryl methyl sites for hydroxylation is 1. The van der Waals surface area contributed by atoms with Crippen LogP contribution in [0.2, 0.25) is 0 Å². The van der Waals surface area contributed by atoms with Crippen molar-refractivity contribution in [1.29, 1.82) is 0 Å². The average molecular weight is 311 g/mol. The Morgan fingerprint density at radius 1 is 1.48 bits per heavy atom. The van der Waals surface area contributed by atoms with Crippen molar-refractivity contribution in [2.75, 3.05) is 13.6 Å². The Morgan fingerprint density at radius 2 is 2.19 bits per heavy atom. The first kappa shape index (κ1) is 15.9. The number of nitrogens with two attached hydrogens (primary N) is 1. The molecule has 2 rings (SSSR count). The van der Waals surface area contributed by atoms with Gasteiger partial charge in [0.1, 0.15) is 6.04 Å². The molecule has 0 saturated carbocycles. The minimum atomic E-state index is -3.66. The molecule has 0 radical (unpaired) electrons. The maximum absolute atomic E-state index is 12.7. The van der Waals surface area contributed by atoms with E-state index in [1.54, 1.807) is 18.2 Å². The van der Waals surface area contributed by atoms with Gasteiger partial charge in [0.25, 0.3) is 0 Å². The summed E-state index contributed by atoms with van der Waals surface area (Å²) < 4.78 is 26.8. The zero-order valence-electron chi connectivity index (χ0n) is 12.3. The number of nitrogens with one attached hydrogen (secondary N) is 1. The van der Waals surface area contributed by atoms with E-state index in [9.17, 15) is 13.2 Å². The van der Waals surface area contributed by atoms with Gasteiger partial charge in [0.2, 0.25) is 15.9 Å². The Hall–Kier alpha value is -1.44. The van der Waals surface area contributed by atoms with Gasteiger partial charge in [0.15, 0.2) is 0 Å². The second-order valence-electron chi connectivity index (χ2n) is 5.18. The number of hydrogen-bond acceptors (Lipinski definition) is 4. The number of hydrogen-bond donors (Lipinski definition) is 2. The molecule has 1 aromatic rings. The fraction of sp³-hybridized carbons (Fsp3) is 0.500. The van der Waals surface area contributed by atoms with E-state index in [1.807, 2.05) is 6.92 Å². The molecule has 0 bridgehead atoms. The van der Waals surface area contributed by atoms with E-state index >= 15 is 0 Å². The lowest BCUT2D eigenvalue weighted by atomic mass is 10.1. The van der Waals surface area contributed by atoms with E-state index in [-0.39, 0.29) is 10.8 Å². The first-order valence-corrected chi connectivity index (χ1v) is 8.39. The van der Waals surface area contributed by atoms with E-state index in [0.717, 1.165) is 11.1 Å². The van der Waals surface area contributed by atoms with E-state index in [4.69, 9.17) is 5.73 Å². The molecule has 1 saturated heterocycles. The van der Waals surface area contributed by atoms with Gasteiger partial charge >= 0.3 is 0 Å². The molecule has 1 unspecified atom stereocenters. The summed E-state index contributed by atoms with van der Waals surface area (Å²) in [5.41, 5.74) is 7.36. The molecule has 21 heavy (non-hydrogen) atoms. The topological polar surface area (TPSA) is 92.5 Å². The maximum atomic E-state index is 12.7. The molecule has 7 heteroatoms. The van der Waals surface area contributed by atoms with Gasteiger partial charge in [0, 0.05) is 20.1 Å². The highest BCUT2D eigenvalue weighted by Crippen LogP contribution is 2.27. The first-order valence-electron chi connectivity index (χ1n) is 6.95. The van der Waals surface area contributed by atoms with Gasteiger partial charge in [-0.3, -0.25) is 4.79 Å². The molecule has 1 aliphatic heterocycles. The van der Waals surface area contributed by atoms with Crippen LogP contribution in [0.5, 0.6) is 0 Å². The average Bonchev–Trinajstić information content (AvgIpc) is 2.96. The summed E-state index contributed by atoms with van der Waals surface area (Å²) in [7, 11) is -2.14. The van der Waals surface area contributed by atoms with E-state index in [1.165, 1.54) is 11.4 Å². The standard InChI is InChI=1S/C14H21N3O3S/c1-10-8-12(6-5-11(10)9-15)21(19,20)17-7-3-4-13(17)14(18)16-2/h5-6,8,13H,3-4,7,9,15H2,1-2H3,(H,16,18). The number of carbonyl (C=O) groups is 1. The second kappa shape index (κ2) is 6.13. The van der Waals surface area contributed by atoms with Crippen LogP contribution in [0.25, 0.3) is 0 Å². The Bertz CT molecular complexity index is 643. The van der Waals surface area contributed by atoms with Crippen LogP contribution in [0.15, 0.2) is 23.1 Å². The molecule has 1 atom stereocenters. The molecule has 1 amide bonds. The van der Waals surface area contributed by atoms with Gasteiger partial charge in [-0.25, -0.2) is 8.42 Å². The van der Waals surface area contributed by atoms with E-state index < -0.39 is 16.1 Å². The Labute approximate surface area is 125 Å². The quantitative estimate of drug-likeness (QED) is 0.839. The van der Waals surface area contributed by atoms with Crippen LogP contribution in [0, 0.1) is 6.92 Å². The smallest absolute Gasteiger partial charge is 0.243 e. The van der Waals surface area contributed by atoms with Crippen molar-refractivity contribution in [2.45, 2.75) is 37.2 Å². The molecule has 116 valence electrons. The van der Waals surface area contributed by atoms with Gasteiger partial charge in [-0.2, -0.15) is 4.31 Å². The van der Waals surface area contributed by atoms with Crippen LogP contribution in [-0.2, 0) is 21.4 Å². The highest BCUT2D eigenvalue weighted by atomic mass is 32.2. The van der Waals surface area contributed by atoms with Crippen molar-refractivity contribution in [3.8, 4) is 0 Å². The zero-order valence-corrected chi connectivity index (χ0v) is 13.1. The number of rotatable bonds is 4. The number of nitrogens with zero attached hydrogens (tertiary/aromatic N) is 1. The largest absolute Gasteiger partial charge is 0.358 e. The summed E-state index contributed by atoms with van der Waals surface area (Å²) in [4.78, 5) is 12.1. The van der Waals surface area contributed by atoms with Crippen molar-refractivity contribution in [1.82, 2.24) is 9.62 Å². The Kier molecular flexibility index (Phi) is 4.65. The third-order valence-electron chi connectivity index (χ3n) is 3.89. The van der Waals surface area contributed by atoms with Crippen LogP contribution in [0.1, 0.15) is 24.0 Å². The number of likely N-dealkylation sites (N-methyl/N-ethyl adjacent to an activating group) is 1. The van der Waals surface area contributed by atoms with E-state index in [2.05, 4.69) is 5.32 Å². The van der Waals surface area contributed by atoms with Crippen molar-refractivity contribution >= 4 is 15.9 Å². The Morgan fingerprint density at radius 3 is 2.76 bits per heavy atom. The third kappa shape index (κ3) is 2.95. The van der Waals surface area contributed by atoms with Gasteiger partial charge < -0.3 is 11.1 Å². The minimum Gasteiger partial charge on any atom is -0.358 e. The van der Waals surface area contributed by atoms with Gasteiger partial charge in [0.05, 0.1) is 4.90 Å². The molecule has 0 aliphatic carbocycles. The first-order chi connectivity index (χ1) is 9.91. The Balaban J connectivity index is 2.37. The molecule has 1 heterocycles. The fourth-order valence-electron chi connectivity index (χ4n) is 2.65. The lowest BCUT2D eigenvalue weighted by molar-refractivity contribution is -0.123. The molecule has 0 spiro atoms. The van der Waals surface area contributed by atoms with Crippen LogP contribution in [0.3, 0.4) is 0 Å². The number of sulfonamides is 1. The van der Waals surface area contributed by atoms with Crippen LogP contribution >= 0.6 is 0 Å². The summed E-state index contributed by atoms with van der Waals surface area (Å²) in [6.07, 6.45) is 1.25. The third-order valence-corrected chi connectivity index (χ3v) is 5.80. The second-order valence-corrected chi connectivity index (χ2v) is 7.07. The molecule has 0 aromatic heterocycles. The maximum Gasteiger partial charge on any atom is 0.243 e. The van der Waals surface area contributed by atoms with Crippen LogP contribution in [-0.4, -0.2) is 38.3 Å². The molecule has 1 aromatic carbocycles. The molecule has 1 aliphatic rings. The minimum absolute atomic E-state index is 0.216. The van der Waals surface area contributed by atoms with Crippen molar-refractivity contribution in [3.05, 3.63) is 29.3 Å². The zero-order chi connectivity index (χ0) is 15.6. The van der Waals surface area contributed by atoms with Gasteiger partial charge in [-0.05, 0) is 43.0 Å². The predicted octanol–water partition coefficient (Wildman–Crippen LogP) is 0.353. The summed E-state index contributed by atoms with van der Waals surface area (Å²) in [6, 6.07) is 4.29. The van der Waals surface area contributed by atoms with Crippen molar-refractivity contribution < 1.29 is 13.2 Å².